The molecule has 2 heterocycles. The van der Waals surface area contributed by atoms with E-state index in [-0.39, 0.29) is 5.60 Å². The summed E-state index contributed by atoms with van der Waals surface area (Å²) < 4.78 is 11.6. The van der Waals surface area contributed by atoms with Gasteiger partial charge in [0.05, 0.1) is 12.2 Å². The van der Waals surface area contributed by atoms with Crippen LogP contribution in [0, 0.1) is 11.8 Å². The molecular formula is C18H25NO2. The van der Waals surface area contributed by atoms with Crippen molar-refractivity contribution in [3.05, 3.63) is 35.4 Å². The standard InChI is InChI=1S/C18H25NO2/c19-17(16-9-13-3-1-2-4-14(13)10-16)15-5-7-21-18(11-15)6-8-20-12-18/h1-4,15-17H,5-12,19H2. The molecule has 0 radical (unpaired) electrons. The first-order chi connectivity index (χ1) is 10.3. The highest BCUT2D eigenvalue weighted by molar-refractivity contribution is 5.32. The third-order valence-corrected chi connectivity index (χ3v) is 5.77. The summed E-state index contributed by atoms with van der Waals surface area (Å²) in [6.45, 7) is 2.46. The predicted octanol–water partition coefficient (Wildman–Crippen LogP) is 2.31. The number of hydrogen-bond acceptors (Lipinski definition) is 3. The van der Waals surface area contributed by atoms with E-state index in [1.165, 1.54) is 11.1 Å². The second-order valence-electron chi connectivity index (χ2n) is 7.10. The molecule has 1 spiro atoms. The Morgan fingerprint density at radius 3 is 2.52 bits per heavy atom. The maximum absolute atomic E-state index is 6.69. The van der Waals surface area contributed by atoms with Crippen molar-refractivity contribution in [2.45, 2.75) is 43.7 Å². The molecule has 3 heteroatoms. The summed E-state index contributed by atoms with van der Waals surface area (Å²) in [6, 6.07) is 9.10. The van der Waals surface area contributed by atoms with Crippen LogP contribution in [0.25, 0.3) is 0 Å². The molecule has 1 aromatic carbocycles. The Hall–Kier alpha value is -0.900. The fourth-order valence-corrected chi connectivity index (χ4v) is 4.51. The maximum atomic E-state index is 6.69. The van der Waals surface area contributed by atoms with E-state index in [9.17, 15) is 0 Å². The molecule has 0 saturated carbocycles. The number of benzene rings is 1. The molecule has 3 aliphatic rings. The molecule has 0 aromatic heterocycles. The molecular weight excluding hydrogens is 262 g/mol. The summed E-state index contributed by atoms with van der Waals surface area (Å²) in [6.07, 6.45) is 5.54. The van der Waals surface area contributed by atoms with Crippen molar-refractivity contribution in [1.29, 1.82) is 0 Å². The first kappa shape index (κ1) is 13.7. The van der Waals surface area contributed by atoms with Gasteiger partial charge in [0.1, 0.15) is 0 Å². The Morgan fingerprint density at radius 2 is 1.86 bits per heavy atom. The molecule has 3 atom stereocenters. The summed E-state index contributed by atoms with van der Waals surface area (Å²) >= 11 is 0. The second-order valence-corrected chi connectivity index (χ2v) is 7.10. The molecule has 0 amide bonds. The fraction of sp³-hybridized carbons (Fsp3) is 0.667. The Labute approximate surface area is 126 Å². The average Bonchev–Trinajstić information content (AvgIpc) is 3.13. The lowest BCUT2D eigenvalue weighted by Crippen LogP contribution is -2.48. The van der Waals surface area contributed by atoms with Crippen molar-refractivity contribution >= 4 is 0 Å². The molecule has 3 unspecified atom stereocenters. The second kappa shape index (κ2) is 5.38. The first-order valence-electron chi connectivity index (χ1n) is 8.30. The zero-order valence-corrected chi connectivity index (χ0v) is 12.6. The average molecular weight is 287 g/mol. The monoisotopic (exact) mass is 287 g/mol. The molecule has 1 aliphatic carbocycles. The number of hydrogen-bond donors (Lipinski definition) is 1. The minimum atomic E-state index is -0.0218. The third-order valence-electron chi connectivity index (χ3n) is 5.77. The van der Waals surface area contributed by atoms with Crippen LogP contribution in [0.5, 0.6) is 0 Å². The van der Waals surface area contributed by atoms with Crippen molar-refractivity contribution in [3.63, 3.8) is 0 Å². The topological polar surface area (TPSA) is 44.5 Å². The van der Waals surface area contributed by atoms with Crippen molar-refractivity contribution in [1.82, 2.24) is 0 Å². The minimum Gasteiger partial charge on any atom is -0.378 e. The highest BCUT2D eigenvalue weighted by atomic mass is 16.6. The van der Waals surface area contributed by atoms with Gasteiger partial charge in [-0.15, -0.1) is 0 Å². The van der Waals surface area contributed by atoms with E-state index in [1.807, 2.05) is 0 Å². The van der Waals surface area contributed by atoms with Crippen LogP contribution >= 0.6 is 0 Å². The van der Waals surface area contributed by atoms with Gasteiger partial charge in [0.2, 0.25) is 0 Å². The number of ether oxygens (including phenoxy) is 2. The quantitative estimate of drug-likeness (QED) is 0.908. The van der Waals surface area contributed by atoms with E-state index in [0.29, 0.717) is 17.9 Å². The van der Waals surface area contributed by atoms with Crippen molar-refractivity contribution < 1.29 is 9.47 Å². The van der Waals surface area contributed by atoms with Gasteiger partial charge in [-0.05, 0) is 48.6 Å². The predicted molar refractivity (Wildman–Crippen MR) is 82.2 cm³/mol. The molecule has 4 rings (SSSR count). The summed E-state index contributed by atoms with van der Waals surface area (Å²) in [5.41, 5.74) is 9.67. The molecule has 2 saturated heterocycles. The first-order valence-corrected chi connectivity index (χ1v) is 8.30. The Morgan fingerprint density at radius 1 is 1.10 bits per heavy atom. The van der Waals surface area contributed by atoms with Gasteiger partial charge in [-0.25, -0.2) is 0 Å². The van der Waals surface area contributed by atoms with Crippen LogP contribution in [0.2, 0.25) is 0 Å². The molecule has 2 N–H and O–H groups in total. The van der Waals surface area contributed by atoms with Gasteiger partial charge in [-0.3, -0.25) is 0 Å². The summed E-state index contributed by atoms with van der Waals surface area (Å²) in [5.74, 6) is 1.18. The SMILES string of the molecule is NC(C1Cc2ccccc2C1)C1CCOC2(CCOC2)C1. The van der Waals surface area contributed by atoms with Gasteiger partial charge in [-0.1, -0.05) is 24.3 Å². The van der Waals surface area contributed by atoms with Crippen LogP contribution in [0.3, 0.4) is 0 Å². The van der Waals surface area contributed by atoms with E-state index in [4.69, 9.17) is 15.2 Å². The lowest BCUT2D eigenvalue weighted by Gasteiger charge is -2.40. The lowest BCUT2D eigenvalue weighted by atomic mass is 9.76. The van der Waals surface area contributed by atoms with Crippen LogP contribution in [0.15, 0.2) is 24.3 Å². The van der Waals surface area contributed by atoms with Crippen LogP contribution in [-0.2, 0) is 22.3 Å². The molecule has 2 fully saturated rings. The molecule has 0 bridgehead atoms. The Balaban J connectivity index is 1.45. The Kier molecular flexibility index (Phi) is 3.52. The fourth-order valence-electron chi connectivity index (χ4n) is 4.51. The molecule has 21 heavy (non-hydrogen) atoms. The largest absolute Gasteiger partial charge is 0.378 e. The lowest BCUT2D eigenvalue weighted by molar-refractivity contribution is -0.103. The van der Waals surface area contributed by atoms with Crippen LogP contribution in [-0.4, -0.2) is 31.5 Å². The van der Waals surface area contributed by atoms with Crippen molar-refractivity contribution in [2.24, 2.45) is 17.6 Å². The van der Waals surface area contributed by atoms with Crippen LogP contribution in [0.4, 0.5) is 0 Å². The molecule has 2 aliphatic heterocycles. The highest BCUT2D eigenvalue weighted by Gasteiger charge is 2.44. The normalized spacial score (nSPS) is 34.2. The molecule has 1 aromatic rings. The van der Waals surface area contributed by atoms with Crippen LogP contribution in [0.1, 0.15) is 30.4 Å². The summed E-state index contributed by atoms with van der Waals surface area (Å²) in [7, 11) is 0. The van der Waals surface area contributed by atoms with E-state index in [0.717, 1.165) is 51.9 Å². The van der Waals surface area contributed by atoms with Gasteiger partial charge in [0.15, 0.2) is 0 Å². The highest BCUT2D eigenvalue weighted by Crippen LogP contribution is 2.40. The zero-order valence-electron chi connectivity index (χ0n) is 12.6. The van der Waals surface area contributed by atoms with E-state index >= 15 is 0 Å². The van der Waals surface area contributed by atoms with Crippen LogP contribution < -0.4 is 5.73 Å². The van der Waals surface area contributed by atoms with Crippen molar-refractivity contribution in [3.8, 4) is 0 Å². The van der Waals surface area contributed by atoms with E-state index < -0.39 is 0 Å². The smallest absolute Gasteiger partial charge is 0.0939 e. The molecule has 114 valence electrons. The van der Waals surface area contributed by atoms with Gasteiger partial charge in [0, 0.05) is 25.7 Å². The van der Waals surface area contributed by atoms with E-state index in [1.54, 1.807) is 0 Å². The molecule has 3 nitrogen and oxygen atoms in total. The summed E-state index contributed by atoms with van der Waals surface area (Å²) in [4.78, 5) is 0. The van der Waals surface area contributed by atoms with Gasteiger partial charge in [-0.2, -0.15) is 0 Å². The Bertz CT molecular complexity index is 485. The van der Waals surface area contributed by atoms with Gasteiger partial charge >= 0.3 is 0 Å². The van der Waals surface area contributed by atoms with Gasteiger partial charge in [0.25, 0.3) is 0 Å². The minimum absolute atomic E-state index is 0.0218. The van der Waals surface area contributed by atoms with E-state index in [2.05, 4.69) is 24.3 Å². The maximum Gasteiger partial charge on any atom is 0.0939 e. The third kappa shape index (κ3) is 2.52. The number of rotatable bonds is 2. The summed E-state index contributed by atoms with van der Waals surface area (Å²) in [5, 5.41) is 0. The number of fused-ring (bicyclic) bond motifs is 1. The van der Waals surface area contributed by atoms with Crippen molar-refractivity contribution in [2.75, 3.05) is 19.8 Å². The zero-order chi connectivity index (χ0) is 14.3. The number of nitrogens with two attached hydrogens (primary N) is 1. The van der Waals surface area contributed by atoms with Gasteiger partial charge < -0.3 is 15.2 Å².